The van der Waals surface area contributed by atoms with Crippen molar-refractivity contribution in [2.75, 3.05) is 0 Å². The smallest absolute Gasteiger partial charge is 0.137 e. The molecule has 21 heavy (non-hydrogen) atoms. The van der Waals surface area contributed by atoms with Crippen LogP contribution in [0.1, 0.15) is 55.8 Å². The van der Waals surface area contributed by atoms with E-state index in [1.54, 1.807) is 6.07 Å². The Labute approximate surface area is 143 Å². The van der Waals surface area contributed by atoms with Gasteiger partial charge in [0.15, 0.2) is 0 Å². The lowest BCUT2D eigenvalue weighted by Crippen LogP contribution is -2.52. The zero-order chi connectivity index (χ0) is 14.8. The lowest BCUT2D eigenvalue weighted by atomic mass is 9.44. The van der Waals surface area contributed by atoms with Crippen molar-refractivity contribution < 1.29 is 4.39 Å². The minimum absolute atomic E-state index is 0.170. The summed E-state index contributed by atoms with van der Waals surface area (Å²) in [5.74, 6) is 1.66. The monoisotopic (exact) mass is 414 g/mol. The molecule has 0 heterocycles. The van der Waals surface area contributed by atoms with Crippen molar-refractivity contribution in [2.45, 2.75) is 50.3 Å². The number of hydrogen-bond donors (Lipinski definition) is 0. The molecule has 114 valence electrons. The van der Waals surface area contributed by atoms with E-state index in [1.807, 2.05) is 12.1 Å². The summed E-state index contributed by atoms with van der Waals surface area (Å²) in [5.41, 5.74) is 2.16. The van der Waals surface area contributed by atoms with E-state index in [0.717, 1.165) is 11.8 Å². The molecule has 4 bridgehead atoms. The molecule has 0 amide bonds. The van der Waals surface area contributed by atoms with Crippen LogP contribution in [0.4, 0.5) is 4.39 Å². The highest BCUT2D eigenvalue weighted by molar-refractivity contribution is 9.10. The third-order valence-corrected chi connectivity index (χ3v) is 8.28. The first-order valence-corrected chi connectivity index (χ1v) is 9.69. The van der Waals surface area contributed by atoms with Crippen molar-refractivity contribution >= 4 is 31.9 Å². The average molecular weight is 416 g/mol. The Morgan fingerprint density at radius 1 is 1.19 bits per heavy atom. The number of halogens is 3. The van der Waals surface area contributed by atoms with Crippen LogP contribution in [0.25, 0.3) is 0 Å². The molecule has 3 heteroatoms. The lowest BCUT2D eigenvalue weighted by molar-refractivity contribution is -0.101. The number of alkyl halides is 1. The fourth-order valence-electron chi connectivity index (χ4n) is 6.12. The van der Waals surface area contributed by atoms with Crippen LogP contribution >= 0.6 is 31.9 Å². The number of hydrogen-bond acceptors (Lipinski definition) is 0. The summed E-state index contributed by atoms with van der Waals surface area (Å²) in [6.45, 7) is 2.50. The maximum Gasteiger partial charge on any atom is 0.137 e. The molecule has 0 saturated heterocycles. The second-order valence-electron chi connectivity index (χ2n) is 8.17. The molecular weight excluding hydrogens is 395 g/mol. The van der Waals surface area contributed by atoms with Gasteiger partial charge in [-0.3, -0.25) is 0 Å². The molecule has 4 fully saturated rings. The summed E-state index contributed by atoms with van der Waals surface area (Å²) < 4.78 is 14.1. The van der Waals surface area contributed by atoms with E-state index in [1.165, 1.54) is 44.1 Å². The topological polar surface area (TPSA) is 0 Å². The summed E-state index contributed by atoms with van der Waals surface area (Å²) in [7, 11) is 0. The predicted octanol–water partition coefficient (Wildman–Crippen LogP) is 6.63. The van der Waals surface area contributed by atoms with Crippen LogP contribution in [0.15, 0.2) is 22.7 Å². The van der Waals surface area contributed by atoms with E-state index < -0.39 is 0 Å². The summed E-state index contributed by atoms with van der Waals surface area (Å²) in [6, 6.07) is 5.52. The molecule has 0 N–H and O–H groups in total. The number of benzene rings is 1. The van der Waals surface area contributed by atoms with Crippen molar-refractivity contribution in [3.8, 4) is 0 Å². The van der Waals surface area contributed by atoms with Gasteiger partial charge in [-0.25, -0.2) is 4.39 Å². The highest BCUT2D eigenvalue weighted by atomic mass is 79.9. The summed E-state index contributed by atoms with van der Waals surface area (Å²) in [4.78, 5) is 0.354. The minimum atomic E-state index is -0.170. The van der Waals surface area contributed by atoms with Crippen LogP contribution in [0.2, 0.25) is 0 Å². The Hall–Kier alpha value is 0.110. The van der Waals surface area contributed by atoms with Gasteiger partial charge in [0, 0.05) is 4.83 Å². The molecule has 4 aliphatic carbocycles. The first-order chi connectivity index (χ1) is 9.89. The van der Waals surface area contributed by atoms with Gasteiger partial charge >= 0.3 is 0 Å². The molecule has 5 rings (SSSR count). The average Bonchev–Trinajstić information content (AvgIpc) is 2.38. The molecule has 4 saturated carbocycles. The van der Waals surface area contributed by atoms with E-state index in [0.29, 0.717) is 20.1 Å². The molecule has 3 atom stereocenters. The third-order valence-electron chi connectivity index (χ3n) is 6.17. The van der Waals surface area contributed by atoms with Gasteiger partial charge in [0.05, 0.1) is 4.47 Å². The summed E-state index contributed by atoms with van der Waals surface area (Å²) in [5, 5.41) is 0. The van der Waals surface area contributed by atoms with E-state index >= 15 is 0 Å². The van der Waals surface area contributed by atoms with Gasteiger partial charge in [-0.2, -0.15) is 0 Å². The standard InChI is InChI=1S/C18H21Br2F/c1-17-6-11-4-12(7-17)9-18(8-11,10-17)16(20)13-2-3-15(21)14(19)5-13/h2-3,5,11-12,16H,4,6-10H2,1H3. The number of rotatable bonds is 2. The van der Waals surface area contributed by atoms with Crippen LogP contribution in [-0.2, 0) is 0 Å². The van der Waals surface area contributed by atoms with Gasteiger partial charge in [-0.1, -0.05) is 28.9 Å². The second kappa shape index (κ2) is 4.80. The molecule has 3 unspecified atom stereocenters. The van der Waals surface area contributed by atoms with E-state index in [-0.39, 0.29) is 5.82 Å². The molecule has 4 aliphatic rings. The Balaban J connectivity index is 1.70. The Morgan fingerprint density at radius 3 is 2.43 bits per heavy atom. The van der Waals surface area contributed by atoms with E-state index in [2.05, 4.69) is 38.8 Å². The zero-order valence-electron chi connectivity index (χ0n) is 12.3. The molecular formula is C18H21Br2F. The van der Waals surface area contributed by atoms with Crippen LogP contribution in [0.3, 0.4) is 0 Å². The van der Waals surface area contributed by atoms with Crippen LogP contribution in [0.5, 0.6) is 0 Å². The van der Waals surface area contributed by atoms with Crippen molar-refractivity contribution in [1.29, 1.82) is 0 Å². The lowest BCUT2D eigenvalue weighted by Gasteiger charge is -2.63. The Morgan fingerprint density at radius 2 is 1.86 bits per heavy atom. The fourth-order valence-corrected chi connectivity index (χ4v) is 7.34. The van der Waals surface area contributed by atoms with Crippen LogP contribution in [0, 0.1) is 28.5 Å². The van der Waals surface area contributed by atoms with E-state index in [9.17, 15) is 4.39 Å². The van der Waals surface area contributed by atoms with Gasteiger partial charge in [0.2, 0.25) is 0 Å². The Bertz CT molecular complexity index is 569. The zero-order valence-corrected chi connectivity index (χ0v) is 15.5. The third kappa shape index (κ3) is 2.34. The maximum absolute atomic E-state index is 13.5. The highest BCUT2D eigenvalue weighted by Gasteiger charge is 2.58. The van der Waals surface area contributed by atoms with Gasteiger partial charge in [-0.15, -0.1) is 0 Å². The van der Waals surface area contributed by atoms with Crippen molar-refractivity contribution in [2.24, 2.45) is 22.7 Å². The van der Waals surface area contributed by atoms with Crippen molar-refractivity contribution in [3.63, 3.8) is 0 Å². The minimum Gasteiger partial charge on any atom is -0.206 e. The van der Waals surface area contributed by atoms with Gasteiger partial charge in [0.1, 0.15) is 5.82 Å². The normalized spacial score (nSPS) is 42.3. The molecule has 1 aromatic rings. The highest BCUT2D eigenvalue weighted by Crippen LogP contribution is 2.69. The SMILES string of the molecule is CC12CC3CC(C1)CC(C(Br)c1ccc(F)c(Br)c1)(C3)C2. The van der Waals surface area contributed by atoms with Crippen LogP contribution in [-0.4, -0.2) is 0 Å². The quantitative estimate of drug-likeness (QED) is 0.475. The molecule has 0 spiro atoms. The van der Waals surface area contributed by atoms with E-state index in [4.69, 9.17) is 0 Å². The van der Waals surface area contributed by atoms with Crippen molar-refractivity contribution in [1.82, 2.24) is 0 Å². The molecule has 0 nitrogen and oxygen atoms in total. The maximum atomic E-state index is 13.5. The summed E-state index contributed by atoms with van der Waals surface area (Å²) in [6.07, 6.45) is 8.34. The molecule has 0 radical (unpaired) electrons. The first-order valence-electron chi connectivity index (χ1n) is 7.98. The largest absolute Gasteiger partial charge is 0.206 e. The molecule has 1 aromatic carbocycles. The van der Waals surface area contributed by atoms with Gasteiger partial charge in [0.25, 0.3) is 0 Å². The predicted molar refractivity (Wildman–Crippen MR) is 91.0 cm³/mol. The van der Waals surface area contributed by atoms with Gasteiger partial charge < -0.3 is 0 Å². The first kappa shape index (κ1) is 14.7. The second-order valence-corrected chi connectivity index (χ2v) is 9.94. The molecule has 0 aliphatic heterocycles. The Kier molecular flexibility index (Phi) is 3.36. The fraction of sp³-hybridized carbons (Fsp3) is 0.667. The van der Waals surface area contributed by atoms with Crippen molar-refractivity contribution in [3.05, 3.63) is 34.1 Å². The van der Waals surface area contributed by atoms with Crippen LogP contribution < -0.4 is 0 Å². The summed E-state index contributed by atoms with van der Waals surface area (Å²) >= 11 is 7.35. The molecule has 0 aromatic heterocycles. The van der Waals surface area contributed by atoms with Gasteiger partial charge in [-0.05, 0) is 94.8 Å².